The lowest BCUT2D eigenvalue weighted by atomic mass is 10.1. The second kappa shape index (κ2) is 10.6. The molecular weight excluding hydrogens is 434 g/mol. The van der Waals surface area contributed by atoms with Crippen molar-refractivity contribution in [3.8, 4) is 5.75 Å². The molecule has 8 nitrogen and oxygen atoms in total. The predicted molar refractivity (Wildman–Crippen MR) is 125 cm³/mol. The maximum Gasteiger partial charge on any atom is 0.305 e. The van der Waals surface area contributed by atoms with Gasteiger partial charge in [0.15, 0.2) is 5.76 Å². The summed E-state index contributed by atoms with van der Waals surface area (Å²) in [6.07, 6.45) is 0. The van der Waals surface area contributed by atoms with Gasteiger partial charge in [-0.15, -0.1) is 0 Å². The lowest BCUT2D eigenvalue weighted by Gasteiger charge is -2.08. The Bertz CT molecular complexity index is 1270. The maximum atomic E-state index is 12.3. The summed E-state index contributed by atoms with van der Waals surface area (Å²) in [6.45, 7) is 0.164. The third kappa shape index (κ3) is 5.89. The molecule has 4 rings (SSSR count). The lowest BCUT2D eigenvalue weighted by Crippen LogP contribution is -2.41. The fourth-order valence-corrected chi connectivity index (χ4v) is 2.99. The molecule has 4 aromatic rings. The number of carbonyl (C=O) groups excluding carboxylic acids is 3. The van der Waals surface area contributed by atoms with Crippen molar-refractivity contribution in [1.29, 1.82) is 0 Å². The van der Waals surface area contributed by atoms with Gasteiger partial charge in [0.25, 0.3) is 11.8 Å². The summed E-state index contributed by atoms with van der Waals surface area (Å²) in [5.41, 5.74) is 6.01. The lowest BCUT2D eigenvalue weighted by molar-refractivity contribution is 0.0828. The minimum absolute atomic E-state index is 0.0333. The third-order valence-corrected chi connectivity index (χ3v) is 4.74. The van der Waals surface area contributed by atoms with Crippen LogP contribution in [-0.4, -0.2) is 17.7 Å². The van der Waals surface area contributed by atoms with E-state index in [9.17, 15) is 14.4 Å². The van der Waals surface area contributed by atoms with E-state index in [1.54, 1.807) is 42.5 Å². The number of rotatable bonds is 7. The number of benzene rings is 3. The minimum atomic E-state index is -0.606. The highest BCUT2D eigenvalue weighted by Gasteiger charge is 2.14. The van der Waals surface area contributed by atoms with Gasteiger partial charge in [0, 0.05) is 16.8 Å². The topological polar surface area (TPSA) is 110 Å². The first-order valence-electron chi connectivity index (χ1n) is 10.4. The normalized spacial score (nSPS) is 10.2. The van der Waals surface area contributed by atoms with Crippen LogP contribution in [0.1, 0.15) is 37.0 Å². The van der Waals surface area contributed by atoms with E-state index in [0.717, 1.165) is 0 Å². The van der Waals surface area contributed by atoms with Crippen LogP contribution >= 0.6 is 0 Å². The average Bonchev–Trinajstić information content (AvgIpc) is 3.37. The van der Waals surface area contributed by atoms with Gasteiger partial charge < -0.3 is 14.5 Å². The number of carbonyl (C=O) groups is 3. The zero-order valence-corrected chi connectivity index (χ0v) is 18.0. The van der Waals surface area contributed by atoms with Crippen LogP contribution < -0.4 is 20.9 Å². The van der Waals surface area contributed by atoms with E-state index in [4.69, 9.17) is 9.15 Å². The van der Waals surface area contributed by atoms with E-state index >= 15 is 0 Å². The van der Waals surface area contributed by atoms with Crippen LogP contribution in [0.15, 0.2) is 101 Å². The van der Waals surface area contributed by atoms with Gasteiger partial charge in [0.1, 0.15) is 18.1 Å². The van der Waals surface area contributed by atoms with Crippen LogP contribution in [0, 0.1) is 0 Å². The molecule has 0 fully saturated rings. The van der Waals surface area contributed by atoms with Crippen molar-refractivity contribution in [1.82, 2.24) is 10.9 Å². The zero-order valence-electron chi connectivity index (χ0n) is 18.0. The van der Waals surface area contributed by atoms with E-state index in [0.29, 0.717) is 28.3 Å². The summed E-state index contributed by atoms with van der Waals surface area (Å²) < 4.78 is 11.0. The highest BCUT2D eigenvalue weighted by atomic mass is 16.5. The molecule has 0 bridgehead atoms. The van der Waals surface area contributed by atoms with Crippen LogP contribution in [0.3, 0.4) is 0 Å². The predicted octanol–water partition coefficient (Wildman–Crippen LogP) is 4.19. The first-order valence-corrected chi connectivity index (χ1v) is 10.4. The zero-order chi connectivity index (χ0) is 23.8. The van der Waals surface area contributed by atoms with E-state index in [1.165, 1.54) is 18.2 Å². The quantitative estimate of drug-likeness (QED) is 0.362. The van der Waals surface area contributed by atoms with Crippen molar-refractivity contribution >= 4 is 23.4 Å². The first-order chi connectivity index (χ1) is 16.6. The Kier molecular flexibility index (Phi) is 7.00. The Morgan fingerprint density at radius 3 is 1.97 bits per heavy atom. The van der Waals surface area contributed by atoms with Gasteiger partial charge in [-0.3, -0.25) is 25.2 Å². The number of furan rings is 1. The van der Waals surface area contributed by atoms with Crippen molar-refractivity contribution in [3.63, 3.8) is 0 Å². The molecule has 34 heavy (non-hydrogen) atoms. The number of anilines is 1. The molecule has 1 aromatic heterocycles. The van der Waals surface area contributed by atoms with Gasteiger partial charge >= 0.3 is 5.91 Å². The molecule has 0 unspecified atom stereocenters. The molecule has 8 heteroatoms. The fraction of sp³-hybridized carbons (Fsp3) is 0.0385. The standard InChI is InChI=1S/C26H21N3O5/c30-24(18-7-3-1-4-8-18)27-20-13-11-19(12-14-20)25(31)28-29-26(32)23-16-15-22(34-23)17-33-21-9-5-2-6-10-21/h1-16H,17H2,(H,27,30)(H,28,31)(H,29,32). The summed E-state index contributed by atoms with van der Waals surface area (Å²) in [6, 6.07) is 27.4. The molecule has 0 radical (unpaired) electrons. The molecule has 0 aliphatic carbocycles. The Balaban J connectivity index is 1.26. The van der Waals surface area contributed by atoms with Gasteiger partial charge in [-0.2, -0.15) is 0 Å². The summed E-state index contributed by atoms with van der Waals surface area (Å²) in [4.78, 5) is 36.8. The van der Waals surface area contributed by atoms with Crippen LogP contribution in [0.2, 0.25) is 0 Å². The Labute approximate surface area is 195 Å². The van der Waals surface area contributed by atoms with Crippen molar-refractivity contribution in [2.45, 2.75) is 6.61 Å². The fourth-order valence-electron chi connectivity index (χ4n) is 2.99. The number of hydrazine groups is 1. The van der Waals surface area contributed by atoms with Gasteiger partial charge in [0.2, 0.25) is 0 Å². The molecule has 0 saturated heterocycles. The van der Waals surface area contributed by atoms with E-state index in [2.05, 4.69) is 16.2 Å². The number of para-hydroxylation sites is 1. The van der Waals surface area contributed by atoms with Crippen molar-refractivity contribution < 1.29 is 23.5 Å². The third-order valence-electron chi connectivity index (χ3n) is 4.74. The second-order valence-corrected chi connectivity index (χ2v) is 7.17. The molecule has 3 N–H and O–H groups in total. The van der Waals surface area contributed by atoms with E-state index in [1.807, 2.05) is 36.4 Å². The second-order valence-electron chi connectivity index (χ2n) is 7.17. The van der Waals surface area contributed by atoms with Gasteiger partial charge in [-0.05, 0) is 60.7 Å². The van der Waals surface area contributed by atoms with Crippen LogP contribution in [0.4, 0.5) is 5.69 Å². The molecule has 0 spiro atoms. The maximum absolute atomic E-state index is 12.3. The molecule has 0 aliphatic heterocycles. The highest BCUT2D eigenvalue weighted by Crippen LogP contribution is 2.14. The highest BCUT2D eigenvalue weighted by molar-refractivity contribution is 6.04. The molecule has 170 valence electrons. The van der Waals surface area contributed by atoms with Crippen LogP contribution in [-0.2, 0) is 6.61 Å². The van der Waals surface area contributed by atoms with Crippen LogP contribution in [0.25, 0.3) is 0 Å². The summed E-state index contributed by atoms with van der Waals surface area (Å²) >= 11 is 0. The summed E-state index contributed by atoms with van der Waals surface area (Å²) in [5, 5.41) is 2.76. The van der Waals surface area contributed by atoms with E-state index < -0.39 is 11.8 Å². The summed E-state index contributed by atoms with van der Waals surface area (Å²) in [5.74, 6) is -0.196. The average molecular weight is 455 g/mol. The molecule has 0 saturated carbocycles. The van der Waals surface area contributed by atoms with Crippen molar-refractivity contribution in [2.24, 2.45) is 0 Å². The van der Waals surface area contributed by atoms with E-state index in [-0.39, 0.29) is 18.3 Å². The van der Waals surface area contributed by atoms with Gasteiger partial charge in [0.05, 0.1) is 0 Å². The van der Waals surface area contributed by atoms with Gasteiger partial charge in [-0.1, -0.05) is 36.4 Å². The summed E-state index contributed by atoms with van der Waals surface area (Å²) in [7, 11) is 0. The largest absolute Gasteiger partial charge is 0.486 e. The number of nitrogens with one attached hydrogen (secondary N) is 3. The smallest absolute Gasteiger partial charge is 0.305 e. The Morgan fingerprint density at radius 2 is 1.26 bits per heavy atom. The molecule has 0 aliphatic rings. The SMILES string of the molecule is O=C(NNC(=O)c1ccc(COc2ccccc2)o1)c1ccc(NC(=O)c2ccccc2)cc1. The molecule has 3 aromatic carbocycles. The minimum Gasteiger partial charge on any atom is -0.486 e. The molecular formula is C26H21N3O5. The number of hydrogen-bond acceptors (Lipinski definition) is 5. The van der Waals surface area contributed by atoms with Crippen molar-refractivity contribution in [2.75, 3.05) is 5.32 Å². The molecule has 0 atom stereocenters. The Hall–Kier alpha value is -4.85. The monoisotopic (exact) mass is 455 g/mol. The Morgan fingerprint density at radius 1 is 0.647 bits per heavy atom. The van der Waals surface area contributed by atoms with Crippen LogP contribution in [0.5, 0.6) is 5.75 Å². The molecule has 3 amide bonds. The van der Waals surface area contributed by atoms with Crippen molar-refractivity contribution in [3.05, 3.63) is 120 Å². The van der Waals surface area contributed by atoms with Gasteiger partial charge in [-0.25, -0.2) is 0 Å². The number of hydrogen-bond donors (Lipinski definition) is 3. The molecule has 1 heterocycles. The number of amides is 3. The first kappa shape index (κ1) is 22.3. The number of ether oxygens (including phenoxy) is 1.